The van der Waals surface area contributed by atoms with Crippen LogP contribution in [0.25, 0.3) is 0 Å². The van der Waals surface area contributed by atoms with Crippen molar-refractivity contribution in [2.45, 2.75) is 64.0 Å². The van der Waals surface area contributed by atoms with Crippen molar-refractivity contribution in [1.29, 1.82) is 0 Å². The molecule has 15 heavy (non-hydrogen) atoms. The van der Waals surface area contributed by atoms with E-state index in [-0.39, 0.29) is 5.54 Å². The van der Waals surface area contributed by atoms with Crippen LogP contribution in [0, 0.1) is 11.8 Å². The molecule has 2 aliphatic carbocycles. The largest absolute Gasteiger partial charge is 0.394 e. The Kier molecular flexibility index (Phi) is 3.36. The molecular formula is C13H25NO. The van der Waals surface area contributed by atoms with Crippen LogP contribution in [-0.2, 0) is 0 Å². The maximum absolute atomic E-state index is 9.55. The zero-order valence-electron chi connectivity index (χ0n) is 10.1. The number of aliphatic hydroxyl groups excluding tert-OH is 1. The molecule has 0 amide bonds. The molecule has 0 bridgehead atoms. The van der Waals surface area contributed by atoms with E-state index in [4.69, 9.17) is 0 Å². The number of rotatable bonds is 4. The molecule has 2 rings (SSSR count). The minimum Gasteiger partial charge on any atom is -0.394 e. The van der Waals surface area contributed by atoms with Crippen molar-refractivity contribution in [3.63, 3.8) is 0 Å². The zero-order valence-corrected chi connectivity index (χ0v) is 10.1. The minimum atomic E-state index is -0.00370. The highest BCUT2D eigenvalue weighted by Gasteiger charge is 2.42. The van der Waals surface area contributed by atoms with E-state index in [0.717, 1.165) is 11.8 Å². The maximum atomic E-state index is 9.55. The Labute approximate surface area is 93.5 Å². The summed E-state index contributed by atoms with van der Waals surface area (Å²) in [5.74, 6) is 1.50. The van der Waals surface area contributed by atoms with Gasteiger partial charge in [0.05, 0.1) is 6.61 Å². The molecule has 0 aromatic carbocycles. The summed E-state index contributed by atoms with van der Waals surface area (Å²) in [7, 11) is 0. The predicted molar refractivity (Wildman–Crippen MR) is 62.8 cm³/mol. The van der Waals surface area contributed by atoms with Gasteiger partial charge in [-0.1, -0.05) is 19.8 Å². The highest BCUT2D eigenvalue weighted by atomic mass is 16.3. The van der Waals surface area contributed by atoms with Gasteiger partial charge in [0.15, 0.2) is 0 Å². The fourth-order valence-electron chi connectivity index (χ4n) is 2.97. The molecule has 2 fully saturated rings. The first-order chi connectivity index (χ1) is 7.15. The molecule has 2 aliphatic rings. The molecule has 0 aromatic heterocycles. The molecule has 0 heterocycles. The third-order valence-corrected chi connectivity index (χ3v) is 4.43. The third kappa shape index (κ3) is 2.54. The van der Waals surface area contributed by atoms with Crippen molar-refractivity contribution in [3.05, 3.63) is 0 Å². The van der Waals surface area contributed by atoms with Gasteiger partial charge in [0.1, 0.15) is 0 Å². The van der Waals surface area contributed by atoms with E-state index in [0.29, 0.717) is 12.6 Å². The molecule has 0 saturated heterocycles. The monoisotopic (exact) mass is 211 g/mol. The fourth-order valence-corrected chi connectivity index (χ4v) is 2.97. The van der Waals surface area contributed by atoms with Gasteiger partial charge in [0.25, 0.3) is 0 Å². The Hall–Kier alpha value is -0.0800. The normalized spacial score (nSPS) is 36.2. The summed E-state index contributed by atoms with van der Waals surface area (Å²) in [5.41, 5.74) is -0.00370. The fraction of sp³-hybridized carbons (Fsp3) is 1.00. The number of nitrogens with one attached hydrogen (secondary N) is 1. The quantitative estimate of drug-likeness (QED) is 0.748. The highest BCUT2D eigenvalue weighted by molar-refractivity contribution is 5.00. The van der Waals surface area contributed by atoms with Crippen LogP contribution >= 0.6 is 0 Å². The molecule has 0 aliphatic heterocycles. The predicted octanol–water partition coefficient (Wildman–Crippen LogP) is 2.32. The van der Waals surface area contributed by atoms with Gasteiger partial charge >= 0.3 is 0 Å². The van der Waals surface area contributed by atoms with Crippen molar-refractivity contribution in [3.8, 4) is 0 Å². The van der Waals surface area contributed by atoms with Gasteiger partial charge in [-0.3, -0.25) is 0 Å². The second kappa shape index (κ2) is 4.42. The molecule has 88 valence electrons. The average Bonchev–Trinajstić information content (AvgIpc) is 3.05. The number of aliphatic hydroxyl groups is 1. The van der Waals surface area contributed by atoms with E-state index in [1.54, 1.807) is 0 Å². The summed E-state index contributed by atoms with van der Waals surface area (Å²) >= 11 is 0. The molecule has 2 saturated carbocycles. The summed E-state index contributed by atoms with van der Waals surface area (Å²) in [6, 6.07) is 0.636. The topological polar surface area (TPSA) is 32.3 Å². The Balaban J connectivity index is 1.92. The van der Waals surface area contributed by atoms with Crippen LogP contribution in [0.4, 0.5) is 0 Å². The van der Waals surface area contributed by atoms with Crippen molar-refractivity contribution >= 4 is 0 Å². The van der Waals surface area contributed by atoms with Crippen LogP contribution in [0.3, 0.4) is 0 Å². The summed E-state index contributed by atoms with van der Waals surface area (Å²) in [6.45, 7) is 4.84. The molecule has 0 radical (unpaired) electrons. The van der Waals surface area contributed by atoms with Crippen LogP contribution in [0.1, 0.15) is 52.4 Å². The van der Waals surface area contributed by atoms with Crippen molar-refractivity contribution in [2.75, 3.05) is 6.61 Å². The molecule has 2 heteroatoms. The van der Waals surface area contributed by atoms with Gasteiger partial charge in [-0.05, 0) is 44.4 Å². The van der Waals surface area contributed by atoms with Crippen LogP contribution in [0.2, 0.25) is 0 Å². The lowest BCUT2D eigenvalue weighted by atomic mass is 9.83. The van der Waals surface area contributed by atoms with E-state index in [2.05, 4.69) is 19.2 Å². The molecule has 0 spiro atoms. The van der Waals surface area contributed by atoms with E-state index in [1.165, 1.54) is 38.5 Å². The number of hydrogen-bond donors (Lipinski definition) is 2. The van der Waals surface area contributed by atoms with Gasteiger partial charge in [0, 0.05) is 11.6 Å². The van der Waals surface area contributed by atoms with Gasteiger partial charge in [-0.15, -0.1) is 0 Å². The number of hydrogen-bond acceptors (Lipinski definition) is 2. The molecule has 2 nitrogen and oxygen atoms in total. The summed E-state index contributed by atoms with van der Waals surface area (Å²) in [6.07, 6.45) is 7.98. The van der Waals surface area contributed by atoms with Crippen LogP contribution in [0.5, 0.6) is 0 Å². The molecule has 0 aromatic rings. The lowest BCUT2D eigenvalue weighted by molar-refractivity contribution is 0.118. The third-order valence-electron chi connectivity index (χ3n) is 4.43. The second-order valence-corrected chi connectivity index (χ2v) is 5.86. The summed E-state index contributed by atoms with van der Waals surface area (Å²) < 4.78 is 0. The van der Waals surface area contributed by atoms with Crippen LogP contribution in [-0.4, -0.2) is 23.3 Å². The standard InChI is InChI=1S/C13H25NO/c1-10-5-3-4-6-12(10)14-13(2,9-15)11-7-8-11/h10-12,14-15H,3-9H2,1-2H3. The molecular weight excluding hydrogens is 186 g/mol. The lowest BCUT2D eigenvalue weighted by Gasteiger charge is -2.39. The summed E-state index contributed by atoms with van der Waals surface area (Å²) in [4.78, 5) is 0. The van der Waals surface area contributed by atoms with E-state index in [1.807, 2.05) is 0 Å². The lowest BCUT2D eigenvalue weighted by Crippen LogP contribution is -2.55. The first-order valence-electron chi connectivity index (χ1n) is 6.54. The molecule has 3 atom stereocenters. The van der Waals surface area contributed by atoms with Crippen LogP contribution in [0.15, 0.2) is 0 Å². The van der Waals surface area contributed by atoms with Crippen molar-refractivity contribution in [2.24, 2.45) is 11.8 Å². The van der Waals surface area contributed by atoms with Gasteiger partial charge in [-0.25, -0.2) is 0 Å². The Morgan fingerprint density at radius 3 is 2.40 bits per heavy atom. The van der Waals surface area contributed by atoms with E-state index >= 15 is 0 Å². The average molecular weight is 211 g/mol. The minimum absolute atomic E-state index is 0.00370. The zero-order chi connectivity index (χ0) is 10.9. The Bertz CT molecular complexity index is 215. The van der Waals surface area contributed by atoms with Gasteiger partial charge in [0.2, 0.25) is 0 Å². The van der Waals surface area contributed by atoms with Crippen LogP contribution < -0.4 is 5.32 Å². The molecule has 3 unspecified atom stereocenters. The Morgan fingerprint density at radius 2 is 1.87 bits per heavy atom. The smallest absolute Gasteiger partial charge is 0.0613 e. The van der Waals surface area contributed by atoms with Gasteiger partial charge < -0.3 is 10.4 Å². The van der Waals surface area contributed by atoms with Gasteiger partial charge in [-0.2, -0.15) is 0 Å². The van der Waals surface area contributed by atoms with Crippen molar-refractivity contribution < 1.29 is 5.11 Å². The summed E-state index contributed by atoms with van der Waals surface area (Å²) in [5, 5.41) is 13.3. The van der Waals surface area contributed by atoms with Crippen molar-refractivity contribution in [1.82, 2.24) is 5.32 Å². The van der Waals surface area contributed by atoms with E-state index < -0.39 is 0 Å². The first kappa shape index (κ1) is 11.4. The van der Waals surface area contributed by atoms with E-state index in [9.17, 15) is 5.11 Å². The highest BCUT2D eigenvalue weighted by Crippen LogP contribution is 2.40. The Morgan fingerprint density at radius 1 is 1.20 bits per heavy atom. The SMILES string of the molecule is CC1CCCCC1NC(C)(CO)C1CC1. The molecule has 2 N–H and O–H groups in total. The maximum Gasteiger partial charge on any atom is 0.0613 e. The first-order valence-corrected chi connectivity index (χ1v) is 6.54. The second-order valence-electron chi connectivity index (χ2n) is 5.86.